The van der Waals surface area contributed by atoms with E-state index in [1.54, 1.807) is 6.07 Å². The zero-order valence-electron chi connectivity index (χ0n) is 10.3. The van der Waals surface area contributed by atoms with Crippen molar-refractivity contribution in [3.63, 3.8) is 0 Å². The lowest BCUT2D eigenvalue weighted by Crippen LogP contribution is -2.56. The van der Waals surface area contributed by atoms with Crippen LogP contribution < -0.4 is 5.32 Å². The van der Waals surface area contributed by atoms with Gasteiger partial charge >= 0.3 is 0 Å². The van der Waals surface area contributed by atoms with Crippen LogP contribution in [0.25, 0.3) is 0 Å². The van der Waals surface area contributed by atoms with Crippen molar-refractivity contribution >= 4 is 11.6 Å². The summed E-state index contributed by atoms with van der Waals surface area (Å²) < 4.78 is 13.2. The van der Waals surface area contributed by atoms with Gasteiger partial charge in [-0.1, -0.05) is 11.6 Å². The summed E-state index contributed by atoms with van der Waals surface area (Å²) in [6, 6.07) is 4.55. The zero-order chi connectivity index (χ0) is 12.5. The van der Waals surface area contributed by atoms with Gasteiger partial charge in [0.2, 0.25) is 0 Å². The Morgan fingerprint density at radius 3 is 2.94 bits per heavy atom. The fourth-order valence-electron chi connectivity index (χ4n) is 2.29. The fraction of sp³-hybridized carbons (Fsp3) is 0.538. The third-order valence-electron chi connectivity index (χ3n) is 3.05. The van der Waals surface area contributed by atoms with Crippen LogP contribution >= 0.6 is 11.6 Å². The number of nitrogens with zero attached hydrogens (tertiary/aromatic N) is 1. The molecule has 1 heterocycles. The third kappa shape index (κ3) is 3.41. The van der Waals surface area contributed by atoms with Crippen LogP contribution in [0.3, 0.4) is 0 Å². The molecule has 0 atom stereocenters. The Bertz CT molecular complexity index is 406. The number of rotatable bonds is 2. The normalized spacial score (nSPS) is 20.5. The second kappa shape index (κ2) is 4.92. The largest absolute Gasteiger partial charge is 0.309 e. The van der Waals surface area contributed by atoms with Crippen molar-refractivity contribution in [1.29, 1.82) is 0 Å². The summed E-state index contributed by atoms with van der Waals surface area (Å²) in [6.07, 6.45) is 0. The lowest BCUT2D eigenvalue weighted by Gasteiger charge is -2.39. The highest BCUT2D eigenvalue weighted by Crippen LogP contribution is 2.20. The van der Waals surface area contributed by atoms with Gasteiger partial charge in [0.15, 0.2) is 0 Å². The molecule has 0 bridgehead atoms. The molecule has 1 aromatic carbocycles. The van der Waals surface area contributed by atoms with E-state index < -0.39 is 0 Å². The number of piperazine rings is 1. The molecular weight excluding hydrogens is 239 g/mol. The van der Waals surface area contributed by atoms with Crippen molar-refractivity contribution in [2.45, 2.75) is 25.9 Å². The highest BCUT2D eigenvalue weighted by Gasteiger charge is 2.25. The van der Waals surface area contributed by atoms with Crippen LogP contribution in [0.5, 0.6) is 0 Å². The molecule has 17 heavy (non-hydrogen) atoms. The van der Waals surface area contributed by atoms with Crippen LogP contribution in [0.2, 0.25) is 5.02 Å². The van der Waals surface area contributed by atoms with Gasteiger partial charge in [0.25, 0.3) is 0 Å². The summed E-state index contributed by atoms with van der Waals surface area (Å²) in [6.45, 7) is 7.93. The van der Waals surface area contributed by atoms with Crippen LogP contribution in [0, 0.1) is 5.82 Å². The van der Waals surface area contributed by atoms with Crippen LogP contribution in [0.4, 0.5) is 4.39 Å². The Kier molecular flexibility index (Phi) is 3.71. The van der Waals surface area contributed by atoms with E-state index in [0.29, 0.717) is 11.6 Å². The number of benzene rings is 1. The first-order valence-electron chi connectivity index (χ1n) is 5.88. The summed E-state index contributed by atoms with van der Waals surface area (Å²) in [5.41, 5.74) is 0.974. The standard InChI is InChI=1S/C13H18ClFN2/c1-13(2)9-17(6-5-16-13)8-10-7-11(15)3-4-12(10)14/h3-4,7,16H,5-6,8-9H2,1-2H3. The van der Waals surface area contributed by atoms with Gasteiger partial charge in [-0.15, -0.1) is 0 Å². The fourth-order valence-corrected chi connectivity index (χ4v) is 2.46. The first-order valence-corrected chi connectivity index (χ1v) is 6.25. The summed E-state index contributed by atoms with van der Waals surface area (Å²) in [5.74, 6) is -0.223. The molecule has 1 fully saturated rings. The molecule has 4 heteroatoms. The maximum absolute atomic E-state index is 13.2. The monoisotopic (exact) mass is 256 g/mol. The maximum atomic E-state index is 13.2. The lowest BCUT2D eigenvalue weighted by molar-refractivity contribution is 0.148. The van der Waals surface area contributed by atoms with Gasteiger partial charge in [-0.2, -0.15) is 0 Å². The average Bonchev–Trinajstić information content (AvgIpc) is 2.22. The molecule has 0 aliphatic carbocycles. The minimum Gasteiger partial charge on any atom is -0.309 e. The van der Waals surface area contributed by atoms with Gasteiger partial charge in [0.1, 0.15) is 5.82 Å². The Hall–Kier alpha value is -0.640. The smallest absolute Gasteiger partial charge is 0.123 e. The molecule has 0 unspecified atom stereocenters. The van der Waals surface area contributed by atoms with Crippen molar-refractivity contribution in [3.8, 4) is 0 Å². The molecule has 0 aromatic heterocycles. The Balaban J connectivity index is 2.07. The van der Waals surface area contributed by atoms with Crippen LogP contribution in [-0.2, 0) is 6.54 Å². The Labute approximate surface area is 107 Å². The van der Waals surface area contributed by atoms with Crippen molar-refractivity contribution < 1.29 is 4.39 Å². The third-order valence-corrected chi connectivity index (χ3v) is 3.42. The van der Waals surface area contributed by atoms with E-state index in [9.17, 15) is 4.39 Å². The molecule has 94 valence electrons. The van der Waals surface area contributed by atoms with Gasteiger partial charge < -0.3 is 5.32 Å². The molecule has 0 saturated carbocycles. The van der Waals surface area contributed by atoms with Crippen LogP contribution in [-0.4, -0.2) is 30.1 Å². The van der Waals surface area contributed by atoms with Gasteiger partial charge in [-0.25, -0.2) is 4.39 Å². The lowest BCUT2D eigenvalue weighted by atomic mass is 10.0. The van der Waals surface area contributed by atoms with E-state index in [-0.39, 0.29) is 11.4 Å². The van der Waals surface area contributed by atoms with Crippen LogP contribution in [0.1, 0.15) is 19.4 Å². The molecule has 1 aromatic rings. The first-order chi connectivity index (χ1) is 7.96. The molecule has 1 aliphatic rings. The molecule has 0 amide bonds. The Morgan fingerprint density at radius 1 is 1.47 bits per heavy atom. The molecule has 1 saturated heterocycles. The topological polar surface area (TPSA) is 15.3 Å². The second-order valence-electron chi connectivity index (χ2n) is 5.26. The van der Waals surface area contributed by atoms with Crippen molar-refractivity contribution in [2.24, 2.45) is 0 Å². The number of nitrogens with one attached hydrogen (secondary N) is 1. The van der Waals surface area contributed by atoms with Gasteiger partial charge in [-0.3, -0.25) is 4.90 Å². The minimum absolute atomic E-state index is 0.109. The van der Waals surface area contributed by atoms with Gasteiger partial charge in [-0.05, 0) is 37.6 Å². The molecule has 2 nitrogen and oxygen atoms in total. The predicted molar refractivity (Wildman–Crippen MR) is 68.8 cm³/mol. The highest BCUT2D eigenvalue weighted by atomic mass is 35.5. The molecular formula is C13H18ClFN2. The molecule has 2 rings (SSSR count). The number of halogens is 2. The second-order valence-corrected chi connectivity index (χ2v) is 5.66. The van der Waals surface area contributed by atoms with E-state index in [2.05, 4.69) is 24.1 Å². The predicted octanol–water partition coefficient (Wildman–Crippen LogP) is 2.66. The van der Waals surface area contributed by atoms with E-state index in [4.69, 9.17) is 11.6 Å². The quantitative estimate of drug-likeness (QED) is 0.875. The van der Waals surface area contributed by atoms with Gasteiger partial charge in [0, 0.05) is 36.7 Å². The summed E-state index contributed by atoms with van der Waals surface area (Å²) in [7, 11) is 0. The van der Waals surface area contributed by atoms with Crippen molar-refractivity contribution in [1.82, 2.24) is 10.2 Å². The van der Waals surface area contributed by atoms with Crippen LogP contribution in [0.15, 0.2) is 18.2 Å². The van der Waals surface area contributed by atoms with Crippen molar-refractivity contribution in [2.75, 3.05) is 19.6 Å². The van der Waals surface area contributed by atoms with Gasteiger partial charge in [0.05, 0.1) is 0 Å². The molecule has 0 radical (unpaired) electrons. The van der Waals surface area contributed by atoms with E-state index in [1.165, 1.54) is 12.1 Å². The van der Waals surface area contributed by atoms with E-state index in [0.717, 1.165) is 25.2 Å². The minimum atomic E-state index is -0.223. The average molecular weight is 257 g/mol. The summed E-state index contributed by atoms with van der Waals surface area (Å²) in [5, 5.41) is 4.09. The summed E-state index contributed by atoms with van der Waals surface area (Å²) >= 11 is 6.08. The number of hydrogen-bond acceptors (Lipinski definition) is 2. The first kappa shape index (κ1) is 12.8. The van der Waals surface area contributed by atoms with E-state index >= 15 is 0 Å². The zero-order valence-corrected chi connectivity index (χ0v) is 11.0. The van der Waals surface area contributed by atoms with Crippen molar-refractivity contribution in [3.05, 3.63) is 34.6 Å². The SMILES string of the molecule is CC1(C)CN(Cc2cc(F)ccc2Cl)CCN1. The number of hydrogen-bond donors (Lipinski definition) is 1. The maximum Gasteiger partial charge on any atom is 0.123 e. The summed E-state index contributed by atoms with van der Waals surface area (Å²) in [4.78, 5) is 2.30. The van der Waals surface area contributed by atoms with E-state index in [1.807, 2.05) is 0 Å². The highest BCUT2D eigenvalue weighted by molar-refractivity contribution is 6.31. The Morgan fingerprint density at radius 2 is 2.24 bits per heavy atom. The molecule has 1 N–H and O–H groups in total. The molecule has 0 spiro atoms. The molecule has 1 aliphatic heterocycles.